The fourth-order valence-electron chi connectivity index (χ4n) is 4.53. The Labute approximate surface area is 237 Å². The third-order valence-corrected chi connectivity index (χ3v) is 7.64. The van der Waals surface area contributed by atoms with Crippen molar-refractivity contribution >= 4 is 27.5 Å². The van der Waals surface area contributed by atoms with Crippen molar-refractivity contribution in [3.63, 3.8) is 0 Å². The molecule has 1 atom stereocenters. The third kappa shape index (κ3) is 8.91. The number of amides is 2. The molecule has 0 saturated carbocycles. The van der Waals surface area contributed by atoms with Gasteiger partial charge in [0.25, 0.3) is 0 Å². The van der Waals surface area contributed by atoms with Gasteiger partial charge in [0, 0.05) is 37.5 Å². The quantitative estimate of drug-likeness (QED) is 0.320. The van der Waals surface area contributed by atoms with Crippen molar-refractivity contribution in [1.29, 1.82) is 0 Å². The summed E-state index contributed by atoms with van der Waals surface area (Å²) in [6, 6.07) is 21.6. The van der Waals surface area contributed by atoms with E-state index in [-0.39, 0.29) is 50.2 Å². The Morgan fingerprint density at radius 1 is 0.950 bits per heavy atom. The maximum atomic E-state index is 14.7. The van der Waals surface area contributed by atoms with Crippen LogP contribution in [0.2, 0.25) is 0 Å². The standard InChI is InChI=1S/C31H38FN3O4S/c1-23(2)33-31(37)29(21-25-13-6-5-7-14-25)34(22-26-15-8-9-17-28(26)32)30(36)18-11-19-35(40(4,38)39)27-16-10-12-24(3)20-27/h5-10,12-17,20,23,29H,11,18-19,21-22H2,1-4H3,(H,33,37)/t29-/m0/s1. The van der Waals surface area contributed by atoms with E-state index in [9.17, 15) is 22.4 Å². The first-order chi connectivity index (χ1) is 19.0. The van der Waals surface area contributed by atoms with Crippen LogP contribution in [0.25, 0.3) is 0 Å². The van der Waals surface area contributed by atoms with Crippen molar-refractivity contribution < 1.29 is 22.4 Å². The fraction of sp³-hybridized carbons (Fsp3) is 0.355. The van der Waals surface area contributed by atoms with Gasteiger partial charge < -0.3 is 10.2 Å². The largest absolute Gasteiger partial charge is 0.352 e. The zero-order chi connectivity index (χ0) is 29.3. The molecule has 2 amide bonds. The summed E-state index contributed by atoms with van der Waals surface area (Å²) in [6.45, 7) is 5.55. The summed E-state index contributed by atoms with van der Waals surface area (Å²) in [5.41, 5.74) is 2.60. The number of hydrogen-bond acceptors (Lipinski definition) is 4. The minimum atomic E-state index is -3.60. The fourth-order valence-corrected chi connectivity index (χ4v) is 5.49. The van der Waals surface area contributed by atoms with E-state index in [0.717, 1.165) is 17.4 Å². The Hall–Kier alpha value is -3.72. The normalized spacial score (nSPS) is 12.2. The number of halogens is 1. The first-order valence-corrected chi connectivity index (χ1v) is 15.2. The Bertz CT molecular complexity index is 1400. The molecule has 0 bridgehead atoms. The summed E-state index contributed by atoms with van der Waals surface area (Å²) in [6.07, 6.45) is 1.58. The van der Waals surface area contributed by atoms with Gasteiger partial charge in [0.05, 0.1) is 11.9 Å². The lowest BCUT2D eigenvalue weighted by Gasteiger charge is -2.32. The average Bonchev–Trinajstić information content (AvgIpc) is 2.89. The number of carbonyl (C=O) groups is 2. The summed E-state index contributed by atoms with van der Waals surface area (Å²) in [4.78, 5) is 28.6. The summed E-state index contributed by atoms with van der Waals surface area (Å²) in [5.74, 6) is -1.16. The van der Waals surface area contributed by atoms with Crippen LogP contribution in [-0.2, 0) is 32.6 Å². The monoisotopic (exact) mass is 567 g/mol. The molecule has 3 aromatic carbocycles. The average molecular weight is 568 g/mol. The van der Waals surface area contributed by atoms with Crippen molar-refractivity contribution in [2.24, 2.45) is 0 Å². The summed E-state index contributed by atoms with van der Waals surface area (Å²) >= 11 is 0. The summed E-state index contributed by atoms with van der Waals surface area (Å²) in [7, 11) is -3.60. The zero-order valence-corrected chi connectivity index (χ0v) is 24.3. The van der Waals surface area contributed by atoms with Crippen LogP contribution in [0.15, 0.2) is 78.9 Å². The second-order valence-corrected chi connectivity index (χ2v) is 12.2. The number of aryl methyl sites for hydroxylation is 1. The van der Waals surface area contributed by atoms with Crippen LogP contribution in [0.5, 0.6) is 0 Å². The lowest BCUT2D eigenvalue weighted by Crippen LogP contribution is -2.52. The Morgan fingerprint density at radius 3 is 2.25 bits per heavy atom. The highest BCUT2D eigenvalue weighted by Gasteiger charge is 2.31. The maximum Gasteiger partial charge on any atom is 0.243 e. The number of rotatable bonds is 13. The Morgan fingerprint density at radius 2 is 1.62 bits per heavy atom. The highest BCUT2D eigenvalue weighted by molar-refractivity contribution is 7.92. The zero-order valence-electron chi connectivity index (χ0n) is 23.5. The summed E-state index contributed by atoms with van der Waals surface area (Å²) < 4.78 is 41.1. The molecule has 0 unspecified atom stereocenters. The molecule has 1 N–H and O–H groups in total. The van der Waals surface area contributed by atoms with E-state index < -0.39 is 21.9 Å². The van der Waals surface area contributed by atoms with E-state index in [2.05, 4.69) is 5.32 Å². The molecular weight excluding hydrogens is 529 g/mol. The predicted molar refractivity (Wildman–Crippen MR) is 157 cm³/mol. The number of nitrogens with zero attached hydrogens (tertiary/aromatic N) is 2. The first-order valence-electron chi connectivity index (χ1n) is 13.4. The number of carbonyl (C=O) groups excluding carboxylic acids is 2. The van der Waals surface area contributed by atoms with Crippen LogP contribution in [0.4, 0.5) is 10.1 Å². The van der Waals surface area contributed by atoms with Gasteiger partial charge in [-0.15, -0.1) is 0 Å². The first kappa shape index (κ1) is 30.8. The molecule has 0 radical (unpaired) electrons. The number of sulfonamides is 1. The van der Waals surface area contributed by atoms with Crippen molar-refractivity contribution in [1.82, 2.24) is 10.2 Å². The van der Waals surface area contributed by atoms with Gasteiger partial charge in [-0.05, 0) is 56.5 Å². The minimum absolute atomic E-state index is 0.0213. The summed E-state index contributed by atoms with van der Waals surface area (Å²) in [5, 5.41) is 2.91. The molecule has 3 aromatic rings. The van der Waals surface area contributed by atoms with E-state index in [1.807, 2.05) is 57.2 Å². The van der Waals surface area contributed by atoms with Gasteiger partial charge in [0.2, 0.25) is 21.8 Å². The van der Waals surface area contributed by atoms with E-state index in [1.54, 1.807) is 36.4 Å². The molecule has 0 spiro atoms. The van der Waals surface area contributed by atoms with Crippen molar-refractivity contribution in [2.45, 2.75) is 58.7 Å². The van der Waals surface area contributed by atoms with E-state index in [1.165, 1.54) is 15.3 Å². The topological polar surface area (TPSA) is 86.8 Å². The van der Waals surface area contributed by atoms with E-state index >= 15 is 0 Å². The maximum absolute atomic E-state index is 14.7. The second kappa shape index (κ2) is 14.1. The molecule has 0 fully saturated rings. The third-order valence-electron chi connectivity index (χ3n) is 6.44. The molecule has 7 nitrogen and oxygen atoms in total. The Kier molecular flexibility index (Phi) is 10.8. The van der Waals surface area contributed by atoms with Crippen LogP contribution < -0.4 is 9.62 Å². The van der Waals surface area contributed by atoms with Gasteiger partial charge >= 0.3 is 0 Å². The lowest BCUT2D eigenvalue weighted by atomic mass is 10.0. The van der Waals surface area contributed by atoms with Crippen LogP contribution >= 0.6 is 0 Å². The smallest absolute Gasteiger partial charge is 0.243 e. The highest BCUT2D eigenvalue weighted by atomic mass is 32.2. The van der Waals surface area contributed by atoms with Gasteiger partial charge in [-0.1, -0.05) is 60.7 Å². The SMILES string of the molecule is Cc1cccc(N(CCCC(=O)N(Cc2ccccc2F)[C@@H](Cc2ccccc2)C(=O)NC(C)C)S(C)(=O)=O)c1. The van der Waals surface area contributed by atoms with Crippen LogP contribution in [0, 0.1) is 12.7 Å². The molecule has 40 heavy (non-hydrogen) atoms. The number of benzene rings is 3. The molecule has 0 aliphatic heterocycles. The Balaban J connectivity index is 1.89. The van der Waals surface area contributed by atoms with Gasteiger partial charge in [0.15, 0.2) is 0 Å². The molecule has 0 aromatic heterocycles. The molecule has 9 heteroatoms. The molecule has 0 saturated heterocycles. The van der Waals surface area contributed by atoms with E-state index in [4.69, 9.17) is 0 Å². The van der Waals surface area contributed by atoms with Crippen molar-refractivity contribution in [2.75, 3.05) is 17.1 Å². The highest BCUT2D eigenvalue weighted by Crippen LogP contribution is 2.21. The van der Waals surface area contributed by atoms with Crippen LogP contribution in [0.3, 0.4) is 0 Å². The van der Waals surface area contributed by atoms with Crippen molar-refractivity contribution in [3.05, 3.63) is 101 Å². The molecule has 0 aliphatic carbocycles. The van der Waals surface area contributed by atoms with Gasteiger partial charge in [-0.2, -0.15) is 0 Å². The molecule has 3 rings (SSSR count). The number of anilines is 1. The second-order valence-electron chi connectivity index (χ2n) is 10.3. The van der Waals surface area contributed by atoms with Gasteiger partial charge in [-0.25, -0.2) is 12.8 Å². The van der Waals surface area contributed by atoms with Crippen LogP contribution in [0.1, 0.15) is 43.4 Å². The predicted octanol–water partition coefficient (Wildman–Crippen LogP) is 4.85. The lowest BCUT2D eigenvalue weighted by molar-refractivity contribution is -0.141. The van der Waals surface area contributed by atoms with Crippen LogP contribution in [-0.4, -0.2) is 50.0 Å². The molecule has 0 heterocycles. The number of hydrogen-bond donors (Lipinski definition) is 1. The molecule has 0 aliphatic rings. The minimum Gasteiger partial charge on any atom is -0.352 e. The molecule has 214 valence electrons. The van der Waals surface area contributed by atoms with Gasteiger partial charge in [0.1, 0.15) is 11.9 Å². The number of nitrogens with one attached hydrogen (secondary N) is 1. The molecular formula is C31H38FN3O4S. The van der Waals surface area contributed by atoms with E-state index in [0.29, 0.717) is 11.3 Å². The van der Waals surface area contributed by atoms with Crippen molar-refractivity contribution in [3.8, 4) is 0 Å². The van der Waals surface area contributed by atoms with Gasteiger partial charge in [-0.3, -0.25) is 13.9 Å².